The van der Waals surface area contributed by atoms with E-state index in [1.165, 1.54) is 16.7 Å². The van der Waals surface area contributed by atoms with Gasteiger partial charge in [0.1, 0.15) is 5.75 Å². The molecular weight excluding hydrogens is 400 g/mol. The first-order chi connectivity index (χ1) is 14.5. The molecule has 1 aliphatic rings. The number of carbonyl (C=O) groups is 2. The Morgan fingerprint density at radius 2 is 1.93 bits per heavy atom. The van der Waals surface area contributed by atoms with Crippen molar-refractivity contribution >= 4 is 34.6 Å². The van der Waals surface area contributed by atoms with E-state index >= 15 is 0 Å². The van der Waals surface area contributed by atoms with Gasteiger partial charge in [-0.1, -0.05) is 23.9 Å². The number of imidazole rings is 1. The lowest BCUT2D eigenvalue weighted by molar-refractivity contribution is -0.132. The van der Waals surface area contributed by atoms with E-state index in [9.17, 15) is 9.59 Å². The summed E-state index contributed by atoms with van der Waals surface area (Å²) in [6.45, 7) is 0.0742. The van der Waals surface area contributed by atoms with Gasteiger partial charge in [-0.2, -0.15) is 0 Å². The molecule has 0 bridgehead atoms. The second-order valence-corrected chi connectivity index (χ2v) is 8.24. The SMILES string of the molecule is COc1ccc(-n2c(SCC(=O)N(C)CC(=O)NC3CC3)nc3ccccc32)cc1. The van der Waals surface area contributed by atoms with Crippen molar-refractivity contribution in [3.05, 3.63) is 48.5 Å². The van der Waals surface area contributed by atoms with E-state index in [2.05, 4.69) is 5.32 Å². The van der Waals surface area contributed by atoms with Crippen molar-refractivity contribution in [2.75, 3.05) is 26.5 Å². The van der Waals surface area contributed by atoms with Crippen LogP contribution in [0.2, 0.25) is 0 Å². The van der Waals surface area contributed by atoms with E-state index in [1.54, 1.807) is 14.2 Å². The number of rotatable bonds is 8. The zero-order chi connectivity index (χ0) is 21.1. The van der Waals surface area contributed by atoms with E-state index in [-0.39, 0.29) is 24.1 Å². The van der Waals surface area contributed by atoms with E-state index < -0.39 is 0 Å². The average Bonchev–Trinajstić information content (AvgIpc) is 3.49. The Labute approximate surface area is 179 Å². The first kappa shape index (κ1) is 20.3. The van der Waals surface area contributed by atoms with Crippen LogP contribution in [-0.4, -0.2) is 58.8 Å². The molecule has 2 amide bonds. The second kappa shape index (κ2) is 8.79. The number of hydrogen-bond donors (Lipinski definition) is 1. The summed E-state index contributed by atoms with van der Waals surface area (Å²) in [6, 6.07) is 15.9. The van der Waals surface area contributed by atoms with Crippen LogP contribution in [0.15, 0.2) is 53.7 Å². The molecule has 1 fully saturated rings. The molecule has 7 nitrogen and oxygen atoms in total. The molecule has 1 N–H and O–H groups in total. The number of methoxy groups -OCH3 is 1. The fraction of sp³-hybridized carbons (Fsp3) is 0.318. The van der Waals surface area contributed by atoms with Crippen molar-refractivity contribution in [1.82, 2.24) is 19.8 Å². The molecule has 0 unspecified atom stereocenters. The van der Waals surface area contributed by atoms with Gasteiger partial charge < -0.3 is 15.0 Å². The Morgan fingerprint density at radius 3 is 2.63 bits per heavy atom. The molecule has 1 aliphatic carbocycles. The van der Waals surface area contributed by atoms with Crippen molar-refractivity contribution in [3.63, 3.8) is 0 Å². The highest BCUT2D eigenvalue weighted by atomic mass is 32.2. The van der Waals surface area contributed by atoms with Crippen LogP contribution in [-0.2, 0) is 9.59 Å². The number of benzene rings is 2. The number of fused-ring (bicyclic) bond motifs is 1. The third-order valence-electron chi connectivity index (χ3n) is 4.93. The number of ether oxygens (including phenoxy) is 1. The predicted octanol–water partition coefficient (Wildman–Crippen LogP) is 2.86. The number of thioether (sulfide) groups is 1. The fourth-order valence-corrected chi connectivity index (χ4v) is 4.09. The zero-order valence-corrected chi connectivity index (χ0v) is 17.8. The number of hydrogen-bond acceptors (Lipinski definition) is 5. The van der Waals surface area contributed by atoms with Crippen LogP contribution < -0.4 is 10.1 Å². The number of aromatic nitrogens is 2. The maximum absolute atomic E-state index is 12.6. The monoisotopic (exact) mass is 424 g/mol. The van der Waals surface area contributed by atoms with E-state index in [0.29, 0.717) is 6.04 Å². The van der Waals surface area contributed by atoms with Gasteiger partial charge in [-0.25, -0.2) is 4.98 Å². The van der Waals surface area contributed by atoms with Crippen molar-refractivity contribution in [3.8, 4) is 11.4 Å². The molecule has 30 heavy (non-hydrogen) atoms. The lowest BCUT2D eigenvalue weighted by Gasteiger charge is -2.16. The summed E-state index contributed by atoms with van der Waals surface area (Å²) in [5.74, 6) is 0.758. The molecule has 1 heterocycles. The smallest absolute Gasteiger partial charge is 0.239 e. The van der Waals surface area contributed by atoms with E-state index in [4.69, 9.17) is 9.72 Å². The molecule has 8 heteroatoms. The second-order valence-electron chi connectivity index (χ2n) is 7.30. The molecule has 156 valence electrons. The summed E-state index contributed by atoms with van der Waals surface area (Å²) in [5, 5.41) is 3.63. The van der Waals surface area contributed by atoms with Gasteiger partial charge >= 0.3 is 0 Å². The molecule has 1 aromatic heterocycles. The molecule has 0 spiro atoms. The Bertz CT molecular complexity index is 1060. The molecule has 1 saturated carbocycles. The first-order valence-electron chi connectivity index (χ1n) is 9.83. The van der Waals surface area contributed by atoms with Crippen LogP contribution in [0.5, 0.6) is 5.75 Å². The van der Waals surface area contributed by atoms with E-state index in [1.807, 2.05) is 53.1 Å². The normalized spacial score (nSPS) is 13.3. The summed E-state index contributed by atoms with van der Waals surface area (Å²) < 4.78 is 7.29. The number of likely N-dealkylation sites (N-methyl/N-ethyl adjacent to an activating group) is 1. The van der Waals surface area contributed by atoms with Gasteiger partial charge in [0.2, 0.25) is 11.8 Å². The van der Waals surface area contributed by atoms with Gasteiger partial charge in [-0.05, 0) is 49.2 Å². The lowest BCUT2D eigenvalue weighted by atomic mass is 10.2. The van der Waals surface area contributed by atoms with E-state index in [0.717, 1.165) is 40.5 Å². The summed E-state index contributed by atoms with van der Waals surface area (Å²) in [5.41, 5.74) is 2.77. The summed E-state index contributed by atoms with van der Waals surface area (Å²) in [4.78, 5) is 30.7. The summed E-state index contributed by atoms with van der Waals surface area (Å²) in [6.07, 6.45) is 2.06. The van der Waals surface area contributed by atoms with Crippen molar-refractivity contribution in [2.45, 2.75) is 24.0 Å². The molecule has 4 rings (SSSR count). The van der Waals surface area contributed by atoms with Crippen LogP contribution in [0, 0.1) is 0 Å². The van der Waals surface area contributed by atoms with Gasteiger partial charge in [0, 0.05) is 18.8 Å². The minimum atomic E-state index is -0.112. The van der Waals surface area contributed by atoms with Gasteiger partial charge in [0.05, 0.1) is 30.4 Å². The molecule has 3 aromatic rings. The Morgan fingerprint density at radius 1 is 1.20 bits per heavy atom. The Balaban J connectivity index is 1.50. The maximum atomic E-state index is 12.6. The van der Waals surface area contributed by atoms with Crippen molar-refractivity contribution in [2.24, 2.45) is 0 Å². The topological polar surface area (TPSA) is 76.5 Å². The molecule has 0 saturated heterocycles. The predicted molar refractivity (Wildman–Crippen MR) is 117 cm³/mol. The maximum Gasteiger partial charge on any atom is 0.239 e. The first-order valence-corrected chi connectivity index (χ1v) is 10.8. The number of amides is 2. The van der Waals surface area contributed by atoms with Crippen LogP contribution in [0.3, 0.4) is 0 Å². The number of para-hydroxylation sites is 2. The molecule has 0 radical (unpaired) electrons. The quantitative estimate of drug-likeness (QED) is 0.563. The van der Waals surface area contributed by atoms with Gasteiger partial charge in [0.15, 0.2) is 5.16 Å². The summed E-state index contributed by atoms with van der Waals surface area (Å²) in [7, 11) is 3.29. The van der Waals surface area contributed by atoms with Crippen LogP contribution >= 0.6 is 11.8 Å². The van der Waals surface area contributed by atoms with Gasteiger partial charge in [0.25, 0.3) is 0 Å². The minimum absolute atomic E-state index is 0.0742. The molecule has 0 aliphatic heterocycles. The average molecular weight is 425 g/mol. The lowest BCUT2D eigenvalue weighted by Crippen LogP contribution is -2.39. The van der Waals surface area contributed by atoms with Crippen LogP contribution in [0.4, 0.5) is 0 Å². The fourth-order valence-electron chi connectivity index (χ4n) is 3.12. The van der Waals surface area contributed by atoms with Crippen LogP contribution in [0.1, 0.15) is 12.8 Å². The number of carbonyl (C=O) groups excluding carboxylic acids is 2. The zero-order valence-electron chi connectivity index (χ0n) is 17.0. The molecule has 0 atom stereocenters. The highest BCUT2D eigenvalue weighted by Crippen LogP contribution is 2.29. The number of nitrogens with one attached hydrogen (secondary N) is 1. The van der Waals surface area contributed by atoms with Gasteiger partial charge in [-0.3, -0.25) is 14.2 Å². The van der Waals surface area contributed by atoms with Crippen LogP contribution in [0.25, 0.3) is 16.7 Å². The minimum Gasteiger partial charge on any atom is -0.497 e. The standard InChI is InChI=1S/C22H24N4O3S/c1-25(13-20(27)23-15-7-8-15)21(28)14-30-22-24-18-5-3-4-6-19(18)26(22)16-9-11-17(29-2)12-10-16/h3-6,9-12,15H,7-8,13-14H2,1-2H3,(H,23,27). The highest BCUT2D eigenvalue weighted by Gasteiger charge is 2.24. The van der Waals surface area contributed by atoms with Crippen molar-refractivity contribution < 1.29 is 14.3 Å². The Kier molecular flexibility index (Phi) is 5.94. The largest absolute Gasteiger partial charge is 0.497 e. The van der Waals surface area contributed by atoms with Crippen molar-refractivity contribution in [1.29, 1.82) is 0 Å². The summed E-state index contributed by atoms with van der Waals surface area (Å²) >= 11 is 1.37. The highest BCUT2D eigenvalue weighted by molar-refractivity contribution is 7.99. The molecule has 2 aromatic carbocycles. The Hall–Kier alpha value is -3.00. The number of nitrogens with zero attached hydrogens (tertiary/aromatic N) is 3. The third-order valence-corrected chi connectivity index (χ3v) is 5.86. The molecular formula is C22H24N4O3S. The van der Waals surface area contributed by atoms with Gasteiger partial charge in [-0.15, -0.1) is 0 Å². The third kappa shape index (κ3) is 4.59.